The Morgan fingerprint density at radius 3 is 2.30 bits per heavy atom. The van der Waals surface area contributed by atoms with Crippen LogP contribution >= 0.6 is 0 Å². The van der Waals surface area contributed by atoms with Crippen molar-refractivity contribution < 1.29 is 14.0 Å². The van der Waals surface area contributed by atoms with Gasteiger partial charge in [0.25, 0.3) is 0 Å². The zero-order valence-electron chi connectivity index (χ0n) is 26.1. The molecule has 6 aliphatic rings. The highest BCUT2D eigenvalue weighted by Gasteiger charge is 2.61. The Bertz CT molecular complexity index is 1510. The molecule has 0 aliphatic heterocycles. The van der Waals surface area contributed by atoms with Crippen LogP contribution < -0.4 is 5.32 Å². The summed E-state index contributed by atoms with van der Waals surface area (Å²) in [5, 5.41) is 4.97. The Labute approximate surface area is 255 Å². The number of nitrogens with one attached hydrogen (secondary N) is 2. The van der Waals surface area contributed by atoms with Crippen molar-refractivity contribution in [3.63, 3.8) is 0 Å². The fraction of sp³-hybridized carbons (Fsp3) is 0.622. The van der Waals surface area contributed by atoms with Crippen molar-refractivity contribution in [1.82, 2.24) is 15.2 Å². The molecular weight excluding hydrogens is 534 g/mol. The molecule has 0 radical (unpaired) electrons. The maximum atomic E-state index is 14.7. The van der Waals surface area contributed by atoms with E-state index in [0.29, 0.717) is 18.9 Å². The van der Waals surface area contributed by atoms with Gasteiger partial charge >= 0.3 is 0 Å². The van der Waals surface area contributed by atoms with Gasteiger partial charge in [-0.1, -0.05) is 44.9 Å². The molecule has 6 fully saturated rings. The second kappa shape index (κ2) is 9.74. The quantitative estimate of drug-likeness (QED) is 0.287. The maximum absolute atomic E-state index is 14.7. The zero-order valence-corrected chi connectivity index (χ0v) is 26.1. The summed E-state index contributed by atoms with van der Waals surface area (Å²) >= 11 is 0. The largest absolute Gasteiger partial charge is 0.467 e. The normalized spacial score (nSPS) is 33.1. The highest BCUT2D eigenvalue weighted by atomic mass is 16.3. The number of aromatic amines is 1. The van der Waals surface area contributed by atoms with Gasteiger partial charge in [0.05, 0.1) is 12.8 Å². The van der Waals surface area contributed by atoms with E-state index in [4.69, 9.17) is 4.42 Å². The summed E-state index contributed by atoms with van der Waals surface area (Å²) in [5.41, 5.74) is 2.84. The molecule has 9 rings (SSSR count). The number of amides is 2. The molecule has 6 heteroatoms. The van der Waals surface area contributed by atoms with Crippen LogP contribution in [0.1, 0.15) is 107 Å². The third-order valence-electron chi connectivity index (χ3n) is 12.7. The Morgan fingerprint density at radius 1 is 0.977 bits per heavy atom. The molecule has 3 aromatic rings. The molecule has 0 saturated heterocycles. The van der Waals surface area contributed by atoms with Crippen molar-refractivity contribution in [2.45, 2.75) is 115 Å². The molecule has 0 unspecified atom stereocenters. The molecule has 2 amide bonds. The van der Waals surface area contributed by atoms with Crippen LogP contribution in [0, 0.1) is 36.0 Å². The van der Waals surface area contributed by atoms with Gasteiger partial charge < -0.3 is 19.6 Å². The minimum absolute atomic E-state index is 0.00598. The minimum atomic E-state index is -0.807. The summed E-state index contributed by atoms with van der Waals surface area (Å²) in [6, 6.07) is 12.3. The van der Waals surface area contributed by atoms with Gasteiger partial charge in [-0.3, -0.25) is 9.59 Å². The predicted molar refractivity (Wildman–Crippen MR) is 167 cm³/mol. The SMILES string of the molecule is Cc1[nH]c2ccccc2c1[C@@H]1[C@H](CC(=O)N(Cc2ccco2)C2(C(=O)NC34CC5CC(CC(C5)C3)C4)CCCC2)C1(C)C. The van der Waals surface area contributed by atoms with Crippen LogP contribution in [-0.4, -0.2) is 32.8 Å². The van der Waals surface area contributed by atoms with Gasteiger partial charge in [-0.05, 0) is 117 Å². The molecule has 1 aromatic carbocycles. The highest BCUT2D eigenvalue weighted by molar-refractivity contribution is 5.93. The number of carbonyl (C=O) groups excluding carboxylic acids is 2. The van der Waals surface area contributed by atoms with Gasteiger partial charge in [0, 0.05) is 28.6 Å². The summed E-state index contributed by atoms with van der Waals surface area (Å²) in [7, 11) is 0. The summed E-state index contributed by atoms with van der Waals surface area (Å²) in [4.78, 5) is 34.8. The van der Waals surface area contributed by atoms with E-state index in [2.05, 4.69) is 55.3 Å². The molecule has 2 aromatic heterocycles. The van der Waals surface area contributed by atoms with Crippen molar-refractivity contribution in [2.24, 2.45) is 29.1 Å². The fourth-order valence-electron chi connectivity index (χ4n) is 10.9. The molecule has 2 N–H and O–H groups in total. The van der Waals surface area contributed by atoms with E-state index in [9.17, 15) is 9.59 Å². The van der Waals surface area contributed by atoms with Gasteiger partial charge in [0.15, 0.2) is 0 Å². The zero-order chi connectivity index (χ0) is 29.6. The standard InChI is InChI=1S/C37H47N3O3/c1-23-32(28-10-4-5-11-30(28)38-23)33-29(35(33,2)3)18-31(41)40(22-27-9-8-14-43-27)37(12-6-7-13-37)34(42)39-36-19-24-15-25(20-36)17-26(16-24)21-36/h4-5,8-11,14,24-26,29,33,38H,6-7,12-13,15-22H2,1-3H3,(H,39,42)/t24?,25?,26?,29-,33-,36?/m0/s1. The average molecular weight is 582 g/mol. The molecule has 43 heavy (non-hydrogen) atoms. The maximum Gasteiger partial charge on any atom is 0.246 e. The first kappa shape index (κ1) is 27.5. The van der Waals surface area contributed by atoms with Crippen LogP contribution in [-0.2, 0) is 16.1 Å². The van der Waals surface area contributed by atoms with E-state index in [1.807, 2.05) is 17.0 Å². The lowest BCUT2D eigenvalue weighted by Gasteiger charge is -2.57. The Morgan fingerprint density at radius 2 is 1.65 bits per heavy atom. The Hall–Kier alpha value is -3.02. The topological polar surface area (TPSA) is 78.3 Å². The second-order valence-electron chi connectivity index (χ2n) is 15.8. The van der Waals surface area contributed by atoms with Gasteiger partial charge in [0.2, 0.25) is 11.8 Å². The number of hydrogen-bond donors (Lipinski definition) is 2. The number of aromatic nitrogens is 1. The van der Waals surface area contributed by atoms with Crippen molar-refractivity contribution in [2.75, 3.05) is 0 Å². The van der Waals surface area contributed by atoms with Crippen LogP contribution in [0.15, 0.2) is 47.1 Å². The summed E-state index contributed by atoms with van der Waals surface area (Å²) in [5.74, 6) is 3.75. The molecule has 6 saturated carbocycles. The molecule has 228 valence electrons. The van der Waals surface area contributed by atoms with Crippen LogP contribution in [0.25, 0.3) is 10.9 Å². The van der Waals surface area contributed by atoms with E-state index in [0.717, 1.165) is 74.0 Å². The van der Waals surface area contributed by atoms with E-state index < -0.39 is 5.54 Å². The molecule has 6 nitrogen and oxygen atoms in total. The number of nitrogens with zero attached hydrogens (tertiary/aromatic N) is 1. The van der Waals surface area contributed by atoms with E-state index >= 15 is 0 Å². The van der Waals surface area contributed by atoms with Crippen molar-refractivity contribution in [1.29, 1.82) is 0 Å². The first-order chi connectivity index (χ1) is 20.7. The number of para-hydroxylation sites is 1. The van der Waals surface area contributed by atoms with Gasteiger partial charge in [-0.15, -0.1) is 0 Å². The van der Waals surface area contributed by atoms with E-state index in [-0.39, 0.29) is 28.7 Å². The van der Waals surface area contributed by atoms with Gasteiger partial charge in [-0.25, -0.2) is 0 Å². The molecular formula is C37H47N3O3. The molecule has 2 atom stereocenters. The first-order valence-corrected chi connectivity index (χ1v) is 16.9. The molecule has 4 bridgehead atoms. The van der Waals surface area contributed by atoms with Crippen LogP contribution in [0.3, 0.4) is 0 Å². The average Bonchev–Trinajstić information content (AvgIpc) is 3.53. The summed E-state index contributed by atoms with van der Waals surface area (Å²) < 4.78 is 5.81. The Kier molecular flexibility index (Phi) is 6.23. The molecule has 0 spiro atoms. The van der Waals surface area contributed by atoms with Crippen molar-refractivity contribution >= 4 is 22.7 Å². The first-order valence-electron chi connectivity index (χ1n) is 16.9. The predicted octanol–water partition coefficient (Wildman–Crippen LogP) is 7.63. The van der Waals surface area contributed by atoms with E-state index in [1.54, 1.807) is 6.26 Å². The third kappa shape index (κ3) is 4.41. The number of aryl methyl sites for hydroxylation is 1. The van der Waals surface area contributed by atoms with Crippen LogP contribution in [0.2, 0.25) is 0 Å². The Balaban J connectivity index is 1.09. The molecule has 2 heterocycles. The number of furan rings is 1. The van der Waals surface area contributed by atoms with Crippen LogP contribution in [0.5, 0.6) is 0 Å². The monoisotopic (exact) mass is 581 g/mol. The lowest BCUT2D eigenvalue weighted by molar-refractivity contribution is -0.152. The number of rotatable bonds is 8. The van der Waals surface area contributed by atoms with Gasteiger partial charge in [0.1, 0.15) is 11.3 Å². The van der Waals surface area contributed by atoms with Crippen molar-refractivity contribution in [3.05, 3.63) is 59.7 Å². The smallest absolute Gasteiger partial charge is 0.246 e. The lowest BCUT2D eigenvalue weighted by atomic mass is 9.53. The van der Waals surface area contributed by atoms with Crippen molar-refractivity contribution in [3.8, 4) is 0 Å². The minimum Gasteiger partial charge on any atom is -0.467 e. The number of benzene rings is 1. The second-order valence-corrected chi connectivity index (χ2v) is 15.8. The number of hydrogen-bond acceptors (Lipinski definition) is 3. The lowest BCUT2D eigenvalue weighted by Crippen LogP contribution is -2.66. The summed E-state index contributed by atoms with van der Waals surface area (Å²) in [6.45, 7) is 7.12. The number of carbonyl (C=O) groups is 2. The molecule has 6 aliphatic carbocycles. The van der Waals surface area contributed by atoms with E-state index in [1.165, 1.54) is 35.9 Å². The highest BCUT2D eigenvalue weighted by Crippen LogP contribution is 2.67. The fourth-order valence-corrected chi connectivity index (χ4v) is 10.9. The van der Waals surface area contributed by atoms with Gasteiger partial charge in [-0.2, -0.15) is 0 Å². The number of H-pyrrole nitrogens is 1. The third-order valence-corrected chi connectivity index (χ3v) is 12.7. The van der Waals surface area contributed by atoms with Crippen LogP contribution in [0.4, 0.5) is 0 Å². The number of fused-ring (bicyclic) bond motifs is 1. The summed E-state index contributed by atoms with van der Waals surface area (Å²) in [6.07, 6.45) is 12.9.